The van der Waals surface area contributed by atoms with Crippen LogP contribution in [0.1, 0.15) is 16.4 Å². The molecule has 4 nitrogen and oxygen atoms in total. The van der Waals surface area contributed by atoms with Crippen molar-refractivity contribution in [2.24, 2.45) is 5.73 Å². The molecule has 1 amide bonds. The van der Waals surface area contributed by atoms with Gasteiger partial charge >= 0.3 is 5.91 Å². The Balaban J connectivity index is 2.98. The number of primary amides is 1. The lowest BCUT2D eigenvalue weighted by molar-refractivity contribution is 0.0967. The van der Waals surface area contributed by atoms with Crippen LogP contribution in [0, 0.1) is 6.92 Å². The maximum atomic E-state index is 10.3. The molecule has 0 aliphatic rings. The molecular formula is C5H6N2O2. The number of nitrogens with two attached hydrogens (primary N) is 1. The van der Waals surface area contributed by atoms with E-state index in [2.05, 4.69) is 9.40 Å². The molecule has 9 heavy (non-hydrogen) atoms. The minimum atomic E-state index is -0.636. The molecule has 0 aliphatic heterocycles. The van der Waals surface area contributed by atoms with Gasteiger partial charge in [0, 0.05) is 0 Å². The summed E-state index contributed by atoms with van der Waals surface area (Å²) < 4.78 is 4.64. The fourth-order valence-electron chi connectivity index (χ4n) is 0.467. The quantitative estimate of drug-likeness (QED) is 0.579. The highest BCUT2D eigenvalue weighted by Gasteiger charge is 2.04. The molecule has 1 aromatic rings. The van der Waals surface area contributed by atoms with Gasteiger partial charge in [0.05, 0.1) is 5.69 Å². The van der Waals surface area contributed by atoms with Gasteiger partial charge in [-0.2, -0.15) is 0 Å². The monoisotopic (exact) mass is 126 g/mol. The van der Waals surface area contributed by atoms with E-state index in [0.717, 1.165) is 0 Å². The Morgan fingerprint density at radius 3 is 2.78 bits per heavy atom. The number of nitrogens with zero attached hydrogens (tertiary/aromatic N) is 1. The van der Waals surface area contributed by atoms with Crippen molar-refractivity contribution in [3.05, 3.63) is 17.8 Å². The van der Waals surface area contributed by atoms with E-state index in [4.69, 9.17) is 5.73 Å². The predicted octanol–water partition coefficient (Wildman–Crippen LogP) is 0.0819. The molecule has 1 heterocycles. The molecule has 1 rings (SSSR count). The Kier molecular flexibility index (Phi) is 1.22. The number of amides is 1. The second-order valence-corrected chi connectivity index (χ2v) is 1.66. The maximum Gasteiger partial charge on any atom is 0.304 e. The van der Waals surface area contributed by atoms with Crippen LogP contribution in [0.3, 0.4) is 0 Å². The second-order valence-electron chi connectivity index (χ2n) is 1.66. The average Bonchev–Trinajstić information content (AvgIpc) is 2.14. The van der Waals surface area contributed by atoms with Gasteiger partial charge in [-0.25, -0.2) is 4.98 Å². The summed E-state index contributed by atoms with van der Waals surface area (Å²) in [5.74, 6) is -0.671. The third-order valence-corrected chi connectivity index (χ3v) is 0.830. The number of carbonyl (C=O) groups excluding carboxylic acids is 1. The van der Waals surface area contributed by atoms with Crippen LogP contribution in [0.4, 0.5) is 0 Å². The van der Waals surface area contributed by atoms with Crippen LogP contribution in [0.25, 0.3) is 0 Å². The molecule has 0 radical (unpaired) electrons. The number of rotatable bonds is 1. The van der Waals surface area contributed by atoms with Crippen LogP contribution in [0.15, 0.2) is 10.7 Å². The lowest BCUT2D eigenvalue weighted by Gasteiger charge is -1.79. The Bertz CT molecular complexity index is 229. The van der Waals surface area contributed by atoms with Gasteiger partial charge in [-0.05, 0) is 6.92 Å². The Morgan fingerprint density at radius 2 is 2.56 bits per heavy atom. The fraction of sp³-hybridized carbons (Fsp3) is 0.200. The first-order valence-electron chi connectivity index (χ1n) is 2.42. The Labute approximate surface area is 51.7 Å². The standard InChI is InChI=1S/C5H6N2O2/c1-3-2-9-5(7-3)4(6)8/h2H,1H3,(H2,6,8). The Hall–Kier alpha value is -1.32. The summed E-state index contributed by atoms with van der Waals surface area (Å²) in [7, 11) is 0. The predicted molar refractivity (Wildman–Crippen MR) is 29.8 cm³/mol. The number of carbonyl (C=O) groups is 1. The van der Waals surface area contributed by atoms with Gasteiger partial charge in [0.2, 0.25) is 0 Å². The first-order chi connectivity index (χ1) is 4.20. The zero-order valence-corrected chi connectivity index (χ0v) is 4.92. The van der Waals surface area contributed by atoms with Gasteiger partial charge in [-0.1, -0.05) is 0 Å². The molecule has 0 spiro atoms. The largest absolute Gasteiger partial charge is 0.441 e. The smallest absolute Gasteiger partial charge is 0.304 e. The third-order valence-electron chi connectivity index (χ3n) is 0.830. The molecule has 0 bridgehead atoms. The third kappa shape index (κ3) is 1.07. The summed E-state index contributed by atoms with van der Waals surface area (Å²) in [5.41, 5.74) is 5.49. The molecule has 0 saturated carbocycles. The van der Waals surface area contributed by atoms with Crippen molar-refractivity contribution in [2.45, 2.75) is 6.92 Å². The van der Waals surface area contributed by atoms with Crippen LogP contribution in [-0.2, 0) is 0 Å². The van der Waals surface area contributed by atoms with Crippen molar-refractivity contribution < 1.29 is 9.21 Å². The SMILES string of the molecule is Cc1coc(C(N)=O)n1. The van der Waals surface area contributed by atoms with Crippen molar-refractivity contribution in [1.82, 2.24) is 4.98 Å². The molecule has 4 heteroatoms. The van der Waals surface area contributed by atoms with Crippen LogP contribution in [0.5, 0.6) is 0 Å². The summed E-state index contributed by atoms with van der Waals surface area (Å²) >= 11 is 0. The van der Waals surface area contributed by atoms with Gasteiger partial charge in [0.15, 0.2) is 0 Å². The van der Waals surface area contributed by atoms with E-state index in [0.29, 0.717) is 5.69 Å². The number of oxazole rings is 1. The Morgan fingerprint density at radius 1 is 1.89 bits per heavy atom. The molecular weight excluding hydrogens is 120 g/mol. The maximum absolute atomic E-state index is 10.3. The first-order valence-corrected chi connectivity index (χ1v) is 2.42. The number of aromatic nitrogens is 1. The molecule has 0 fully saturated rings. The van der Waals surface area contributed by atoms with E-state index in [1.807, 2.05) is 0 Å². The van der Waals surface area contributed by atoms with Gasteiger partial charge in [0.25, 0.3) is 5.89 Å². The molecule has 1 aromatic heterocycles. The van der Waals surface area contributed by atoms with Gasteiger partial charge < -0.3 is 10.2 Å². The van der Waals surface area contributed by atoms with E-state index in [9.17, 15) is 4.79 Å². The minimum absolute atomic E-state index is 0.0347. The van der Waals surface area contributed by atoms with E-state index in [1.54, 1.807) is 6.92 Å². The van der Waals surface area contributed by atoms with Crippen LogP contribution in [-0.4, -0.2) is 10.9 Å². The highest BCUT2D eigenvalue weighted by molar-refractivity contribution is 5.87. The minimum Gasteiger partial charge on any atom is -0.441 e. The van der Waals surface area contributed by atoms with Gasteiger partial charge in [-0.3, -0.25) is 4.79 Å². The zero-order chi connectivity index (χ0) is 6.85. The fourth-order valence-corrected chi connectivity index (χ4v) is 0.467. The van der Waals surface area contributed by atoms with E-state index in [-0.39, 0.29) is 5.89 Å². The van der Waals surface area contributed by atoms with Crippen molar-refractivity contribution in [3.63, 3.8) is 0 Å². The van der Waals surface area contributed by atoms with E-state index >= 15 is 0 Å². The molecule has 0 unspecified atom stereocenters. The summed E-state index contributed by atoms with van der Waals surface area (Å²) in [6, 6.07) is 0. The highest BCUT2D eigenvalue weighted by Crippen LogP contribution is 1.97. The van der Waals surface area contributed by atoms with Crippen molar-refractivity contribution in [2.75, 3.05) is 0 Å². The molecule has 0 aromatic carbocycles. The molecule has 0 aliphatic carbocycles. The van der Waals surface area contributed by atoms with Crippen molar-refractivity contribution in [3.8, 4) is 0 Å². The zero-order valence-electron chi connectivity index (χ0n) is 4.92. The number of hydrogen-bond acceptors (Lipinski definition) is 3. The summed E-state index contributed by atoms with van der Waals surface area (Å²) in [5, 5.41) is 0. The first kappa shape index (κ1) is 5.81. The summed E-state index contributed by atoms with van der Waals surface area (Å²) in [6.07, 6.45) is 1.38. The topological polar surface area (TPSA) is 69.1 Å². The van der Waals surface area contributed by atoms with E-state index in [1.165, 1.54) is 6.26 Å². The average molecular weight is 126 g/mol. The van der Waals surface area contributed by atoms with Crippen molar-refractivity contribution >= 4 is 5.91 Å². The molecule has 2 N–H and O–H groups in total. The molecule has 0 atom stereocenters. The van der Waals surface area contributed by atoms with Gasteiger partial charge in [0.1, 0.15) is 6.26 Å². The normalized spacial score (nSPS) is 9.44. The van der Waals surface area contributed by atoms with Crippen LogP contribution in [0.2, 0.25) is 0 Å². The van der Waals surface area contributed by atoms with Gasteiger partial charge in [-0.15, -0.1) is 0 Å². The highest BCUT2D eigenvalue weighted by atomic mass is 16.3. The second kappa shape index (κ2) is 1.89. The summed E-state index contributed by atoms with van der Waals surface area (Å²) in [4.78, 5) is 13.9. The van der Waals surface area contributed by atoms with Crippen LogP contribution < -0.4 is 5.73 Å². The lowest BCUT2D eigenvalue weighted by Crippen LogP contribution is -2.10. The molecule has 0 saturated heterocycles. The summed E-state index contributed by atoms with van der Waals surface area (Å²) in [6.45, 7) is 1.72. The lowest BCUT2D eigenvalue weighted by atomic mass is 10.6. The number of aryl methyl sites for hydroxylation is 1. The van der Waals surface area contributed by atoms with Crippen LogP contribution >= 0.6 is 0 Å². The van der Waals surface area contributed by atoms with E-state index < -0.39 is 5.91 Å². The van der Waals surface area contributed by atoms with Crippen molar-refractivity contribution in [1.29, 1.82) is 0 Å². The number of hydrogen-bond donors (Lipinski definition) is 1. The molecule has 48 valence electrons.